The zero-order chi connectivity index (χ0) is 22.5. The third-order valence-electron chi connectivity index (χ3n) is 4.67. The number of nitrogens with one attached hydrogen (secondary N) is 1. The van der Waals surface area contributed by atoms with Gasteiger partial charge in [0.2, 0.25) is 5.82 Å². The van der Waals surface area contributed by atoms with E-state index in [9.17, 15) is 18.5 Å². The number of benzene rings is 1. The van der Waals surface area contributed by atoms with Gasteiger partial charge in [0, 0.05) is 5.56 Å². The molecule has 31 heavy (non-hydrogen) atoms. The van der Waals surface area contributed by atoms with Crippen molar-refractivity contribution >= 4 is 8.60 Å². The Hall–Kier alpha value is -2.17. The second-order valence-electron chi connectivity index (χ2n) is 7.04. The number of hydrogen-bond acceptors (Lipinski definition) is 7. The first-order chi connectivity index (χ1) is 14.8. The number of H-pyrrole nitrogens is 1. The lowest BCUT2D eigenvalue weighted by Crippen LogP contribution is -2.34. The quantitative estimate of drug-likeness (QED) is 0.699. The summed E-state index contributed by atoms with van der Waals surface area (Å²) in [7, 11) is -0.582. The van der Waals surface area contributed by atoms with E-state index < -0.39 is 31.9 Å². The molecule has 3 atom stereocenters. The molecule has 0 spiro atoms. The fourth-order valence-electron chi connectivity index (χ4n) is 3.40. The molecule has 1 N–H and O–H groups in total. The molecule has 1 saturated heterocycles. The number of hydrogen-bond donors (Lipinski definition) is 1. The molecule has 0 bridgehead atoms. The average Bonchev–Trinajstić information content (AvgIpc) is 3.18. The molecule has 1 fully saturated rings. The Balaban J connectivity index is 0.000000858. The normalized spacial score (nSPS) is 22.3. The largest absolute Gasteiger partial charge is 0.426 e. The Morgan fingerprint density at radius 1 is 1.29 bits per heavy atom. The van der Waals surface area contributed by atoms with Crippen LogP contribution >= 0.6 is 8.60 Å². The van der Waals surface area contributed by atoms with Gasteiger partial charge in [0.15, 0.2) is 0 Å². The van der Waals surface area contributed by atoms with Gasteiger partial charge < -0.3 is 9.26 Å². The van der Waals surface area contributed by atoms with Gasteiger partial charge in [-0.15, -0.1) is 0 Å². The molecule has 9 nitrogen and oxygen atoms in total. The molecule has 12 heteroatoms. The van der Waals surface area contributed by atoms with Crippen molar-refractivity contribution in [2.45, 2.75) is 45.6 Å². The highest BCUT2D eigenvalue weighted by molar-refractivity contribution is 7.42. The molecule has 4 rings (SSSR count). The van der Waals surface area contributed by atoms with Gasteiger partial charge in [-0.25, -0.2) is 4.79 Å². The Morgan fingerprint density at radius 3 is 2.77 bits per heavy atom. The first kappa shape index (κ1) is 23.5. The van der Waals surface area contributed by atoms with E-state index in [4.69, 9.17) is 18.3 Å². The summed E-state index contributed by atoms with van der Waals surface area (Å²) >= 11 is 0. The van der Waals surface area contributed by atoms with Crippen molar-refractivity contribution in [3.63, 3.8) is 0 Å². The number of aromatic nitrogens is 2. The minimum Gasteiger partial charge on any atom is -0.426 e. The van der Waals surface area contributed by atoms with Gasteiger partial charge in [0.1, 0.15) is 12.0 Å². The Labute approximate surface area is 177 Å². The van der Waals surface area contributed by atoms with Gasteiger partial charge in [0.05, 0.1) is 32.6 Å². The minimum absolute atomic E-state index is 0.225. The molecule has 170 valence electrons. The van der Waals surface area contributed by atoms with E-state index in [2.05, 4.69) is 4.94 Å². The van der Waals surface area contributed by atoms with E-state index in [1.54, 1.807) is 0 Å². The SMILES string of the molecule is COF.Cc1cc(C)c2c(c1)COP(OCC1CCC(n3cc(F)c(=O)[nH]c3=O)O1)O2. The summed E-state index contributed by atoms with van der Waals surface area (Å²) in [6.45, 7) is 4.65. The summed E-state index contributed by atoms with van der Waals surface area (Å²) in [5, 5.41) is 0. The van der Waals surface area contributed by atoms with E-state index >= 15 is 0 Å². The van der Waals surface area contributed by atoms with Gasteiger partial charge in [-0.3, -0.25) is 23.4 Å². The summed E-state index contributed by atoms with van der Waals surface area (Å²) in [6.07, 6.45) is 1.05. The smallest absolute Gasteiger partial charge is 0.397 e. The summed E-state index contributed by atoms with van der Waals surface area (Å²) in [6, 6.07) is 4.07. The molecule has 2 aliphatic rings. The van der Waals surface area contributed by atoms with Crippen LogP contribution in [0, 0.1) is 19.7 Å². The van der Waals surface area contributed by atoms with Gasteiger partial charge in [-0.1, -0.05) is 17.7 Å². The van der Waals surface area contributed by atoms with Crippen LogP contribution in [0.25, 0.3) is 0 Å². The second kappa shape index (κ2) is 10.4. The molecule has 0 radical (unpaired) electrons. The maximum atomic E-state index is 13.5. The summed E-state index contributed by atoms with van der Waals surface area (Å²) in [5.74, 6) is -0.233. The average molecular weight is 460 g/mol. The van der Waals surface area contributed by atoms with Crippen LogP contribution in [0.15, 0.2) is 27.9 Å². The monoisotopic (exact) mass is 460 g/mol. The maximum absolute atomic E-state index is 13.5. The van der Waals surface area contributed by atoms with Gasteiger partial charge in [-0.05, 0) is 36.8 Å². The van der Waals surface area contributed by atoms with E-state index in [0.29, 0.717) is 19.4 Å². The van der Waals surface area contributed by atoms with Gasteiger partial charge in [-0.2, -0.15) is 9.33 Å². The van der Waals surface area contributed by atoms with Gasteiger partial charge >= 0.3 is 14.3 Å². The molecule has 3 unspecified atom stereocenters. The van der Waals surface area contributed by atoms with Crippen molar-refractivity contribution in [1.29, 1.82) is 0 Å². The van der Waals surface area contributed by atoms with Crippen LogP contribution in [-0.2, 0) is 25.3 Å². The highest BCUT2D eigenvalue weighted by Crippen LogP contribution is 2.49. The fraction of sp³-hybridized carbons (Fsp3) is 0.474. The van der Waals surface area contributed by atoms with Crippen LogP contribution in [-0.4, -0.2) is 29.4 Å². The van der Waals surface area contributed by atoms with E-state index in [1.165, 1.54) is 0 Å². The number of ether oxygens (including phenoxy) is 1. The fourth-order valence-corrected chi connectivity index (χ4v) is 4.52. The van der Waals surface area contributed by atoms with Crippen LogP contribution in [0.3, 0.4) is 0 Å². The van der Waals surface area contributed by atoms with Crippen LogP contribution in [0.4, 0.5) is 8.92 Å². The molecular weight excluding hydrogens is 437 g/mol. The Bertz CT molecular complexity index is 1030. The zero-order valence-corrected chi connectivity index (χ0v) is 18.1. The van der Waals surface area contributed by atoms with Crippen LogP contribution in [0.1, 0.15) is 35.8 Å². The number of halogens is 2. The second-order valence-corrected chi connectivity index (χ2v) is 8.19. The number of nitrogens with zero attached hydrogens (tertiary/aromatic N) is 1. The van der Waals surface area contributed by atoms with E-state index in [-0.39, 0.29) is 12.7 Å². The molecule has 0 saturated carbocycles. The van der Waals surface area contributed by atoms with Crippen molar-refractivity contribution in [3.8, 4) is 5.75 Å². The molecule has 3 heterocycles. The molecule has 1 aromatic heterocycles. The zero-order valence-electron chi connectivity index (χ0n) is 17.2. The third-order valence-corrected chi connectivity index (χ3v) is 5.70. The van der Waals surface area contributed by atoms with Crippen molar-refractivity contribution < 1.29 is 32.2 Å². The standard InChI is InChI=1S/C18H20FN2O6P.CH3FO/c1-10-5-11(2)16-12(6-10)8-24-28(27-16)25-9-13-3-4-15(26-13)21-7-14(19)17(22)20-18(21)23;1-3-2/h5-7,13,15H,3-4,8-9H2,1-2H3,(H,20,22,23);1H3. The van der Waals surface area contributed by atoms with E-state index in [0.717, 1.165) is 40.3 Å². The lowest BCUT2D eigenvalue weighted by molar-refractivity contribution is -0.0960. The minimum atomic E-state index is -1.54. The summed E-state index contributed by atoms with van der Waals surface area (Å²) in [4.78, 5) is 27.7. The number of aromatic amines is 1. The highest BCUT2D eigenvalue weighted by Gasteiger charge is 2.31. The molecule has 0 amide bonds. The molecule has 2 aliphatic heterocycles. The predicted molar refractivity (Wildman–Crippen MR) is 107 cm³/mol. The van der Waals surface area contributed by atoms with Crippen molar-refractivity contribution in [2.75, 3.05) is 13.7 Å². The molecule has 1 aromatic carbocycles. The van der Waals surface area contributed by atoms with Crippen molar-refractivity contribution in [1.82, 2.24) is 9.55 Å². The van der Waals surface area contributed by atoms with Gasteiger partial charge in [0.25, 0.3) is 5.56 Å². The van der Waals surface area contributed by atoms with Crippen LogP contribution in [0.2, 0.25) is 0 Å². The summed E-state index contributed by atoms with van der Waals surface area (Å²) in [5.41, 5.74) is 1.43. The topological polar surface area (TPSA) is 101 Å². The van der Waals surface area contributed by atoms with Crippen molar-refractivity contribution in [2.24, 2.45) is 0 Å². The van der Waals surface area contributed by atoms with E-state index in [1.807, 2.05) is 31.0 Å². The predicted octanol–water partition coefficient (Wildman–Crippen LogP) is 3.34. The molecule has 2 aromatic rings. The Kier molecular flexibility index (Phi) is 7.90. The first-order valence-corrected chi connectivity index (χ1v) is 10.6. The number of rotatable bonds is 4. The third kappa shape index (κ3) is 5.75. The number of aryl methyl sites for hydroxylation is 2. The Morgan fingerprint density at radius 2 is 2.03 bits per heavy atom. The lowest BCUT2D eigenvalue weighted by Gasteiger charge is -2.26. The summed E-state index contributed by atoms with van der Waals surface area (Å²) < 4.78 is 47.3. The maximum Gasteiger partial charge on any atom is 0.397 e. The molecule has 0 aliphatic carbocycles. The number of fused-ring (bicyclic) bond motifs is 1. The highest BCUT2D eigenvalue weighted by atomic mass is 31.2. The lowest BCUT2D eigenvalue weighted by atomic mass is 10.1. The van der Waals surface area contributed by atoms with Crippen LogP contribution < -0.4 is 15.8 Å². The van der Waals surface area contributed by atoms with Crippen molar-refractivity contribution in [3.05, 3.63) is 61.7 Å². The van der Waals surface area contributed by atoms with Crippen LogP contribution in [0.5, 0.6) is 5.75 Å². The molecular formula is C19H23F2N2O7P. The first-order valence-electron chi connectivity index (χ1n) is 9.47.